The molecule has 3 heterocycles. The van der Waals surface area contributed by atoms with E-state index in [1.807, 2.05) is 13.8 Å². The fourth-order valence-corrected chi connectivity index (χ4v) is 2.87. The van der Waals surface area contributed by atoms with Crippen molar-refractivity contribution in [1.29, 1.82) is 0 Å². The molecule has 0 radical (unpaired) electrons. The van der Waals surface area contributed by atoms with E-state index in [1.54, 1.807) is 6.20 Å². The van der Waals surface area contributed by atoms with E-state index < -0.39 is 0 Å². The topological polar surface area (TPSA) is 91.9 Å². The second kappa shape index (κ2) is 7.17. The lowest BCUT2D eigenvalue weighted by atomic mass is 10.0. The minimum Gasteiger partial charge on any atom is -0.462 e. The number of piperidine rings is 1. The number of nitrogens with zero attached hydrogens (tertiary/aromatic N) is 2. The smallest absolute Gasteiger partial charge is 0.340 e. The van der Waals surface area contributed by atoms with Gasteiger partial charge in [-0.05, 0) is 25.7 Å². The maximum atomic E-state index is 12.4. The van der Waals surface area contributed by atoms with Crippen molar-refractivity contribution in [2.45, 2.75) is 45.7 Å². The van der Waals surface area contributed by atoms with Crippen molar-refractivity contribution in [1.82, 2.24) is 20.3 Å². The van der Waals surface area contributed by atoms with Gasteiger partial charge in [-0.25, -0.2) is 14.8 Å². The first kappa shape index (κ1) is 16.7. The minimum absolute atomic E-state index is 0.286. The van der Waals surface area contributed by atoms with Gasteiger partial charge in [0.25, 0.3) is 0 Å². The number of aromatic amines is 1. The van der Waals surface area contributed by atoms with Crippen LogP contribution in [0.25, 0.3) is 11.0 Å². The fourth-order valence-electron chi connectivity index (χ4n) is 2.87. The minimum atomic E-state index is -0.344. The van der Waals surface area contributed by atoms with E-state index in [0.29, 0.717) is 41.0 Å². The Balaban J connectivity index is 1.83. The van der Waals surface area contributed by atoms with Gasteiger partial charge in [0.1, 0.15) is 17.8 Å². The summed E-state index contributed by atoms with van der Waals surface area (Å²) in [5.74, 6) is 0.630. The zero-order valence-corrected chi connectivity index (χ0v) is 14.4. The van der Waals surface area contributed by atoms with Crippen molar-refractivity contribution in [3.05, 3.63) is 18.1 Å². The van der Waals surface area contributed by atoms with Crippen LogP contribution in [0.15, 0.2) is 12.5 Å². The maximum absolute atomic E-state index is 12.4. The molecule has 3 N–H and O–H groups in total. The van der Waals surface area contributed by atoms with Gasteiger partial charge in [-0.2, -0.15) is 0 Å². The first-order valence-electron chi connectivity index (χ1n) is 8.53. The number of anilines is 1. The molecule has 7 heteroatoms. The fraction of sp³-hybridized carbons (Fsp3) is 0.588. The van der Waals surface area contributed by atoms with Gasteiger partial charge in [0.2, 0.25) is 0 Å². The van der Waals surface area contributed by atoms with Crippen molar-refractivity contribution in [3.63, 3.8) is 0 Å². The summed E-state index contributed by atoms with van der Waals surface area (Å²) in [6.45, 7) is 7.48. The molecule has 2 atom stereocenters. The maximum Gasteiger partial charge on any atom is 0.340 e. The molecule has 1 aliphatic rings. The Morgan fingerprint density at radius 1 is 1.42 bits per heavy atom. The van der Waals surface area contributed by atoms with Crippen molar-refractivity contribution in [3.8, 4) is 0 Å². The number of esters is 1. The lowest BCUT2D eigenvalue weighted by Gasteiger charge is -2.28. The highest BCUT2D eigenvalue weighted by atomic mass is 16.5. The number of ether oxygens (including phenoxy) is 1. The van der Waals surface area contributed by atoms with Gasteiger partial charge in [-0.3, -0.25) is 0 Å². The first-order valence-corrected chi connectivity index (χ1v) is 8.53. The van der Waals surface area contributed by atoms with Crippen LogP contribution in [0, 0.1) is 5.92 Å². The molecule has 0 bridgehead atoms. The van der Waals surface area contributed by atoms with Crippen LogP contribution in [0.1, 0.15) is 44.0 Å². The van der Waals surface area contributed by atoms with Crippen LogP contribution in [0.5, 0.6) is 0 Å². The van der Waals surface area contributed by atoms with Gasteiger partial charge in [-0.15, -0.1) is 0 Å². The van der Waals surface area contributed by atoms with Crippen molar-refractivity contribution < 1.29 is 9.53 Å². The lowest BCUT2D eigenvalue weighted by molar-refractivity contribution is 0.0461. The molecule has 0 unspecified atom stereocenters. The number of hydrogen-bond acceptors (Lipinski definition) is 6. The molecule has 0 spiro atoms. The lowest BCUT2D eigenvalue weighted by Crippen LogP contribution is -2.43. The van der Waals surface area contributed by atoms with E-state index in [1.165, 1.54) is 6.33 Å². The van der Waals surface area contributed by atoms with Crippen molar-refractivity contribution >= 4 is 22.8 Å². The van der Waals surface area contributed by atoms with E-state index in [9.17, 15) is 4.79 Å². The van der Waals surface area contributed by atoms with Crippen LogP contribution in [0.2, 0.25) is 0 Å². The largest absolute Gasteiger partial charge is 0.462 e. The summed E-state index contributed by atoms with van der Waals surface area (Å²) in [5.41, 5.74) is 1.12. The standard InChI is InChI=1S/C17H25N5O2/c1-10(2)8-24-17(23)13-7-19-15-14(13)16(21-9-20-15)22-12-5-4-11(3)18-6-12/h7,9-12,18H,4-6,8H2,1-3H3,(H2,19,20,21,22)/t11-,12+/m0/s1. The van der Waals surface area contributed by atoms with Crippen molar-refractivity contribution in [2.75, 3.05) is 18.5 Å². The van der Waals surface area contributed by atoms with Crippen LogP contribution in [0.3, 0.4) is 0 Å². The van der Waals surface area contributed by atoms with Crippen LogP contribution >= 0.6 is 0 Å². The summed E-state index contributed by atoms with van der Waals surface area (Å²) in [6, 6.07) is 0.830. The molecule has 2 aromatic rings. The van der Waals surface area contributed by atoms with E-state index in [2.05, 4.69) is 32.5 Å². The Labute approximate surface area is 141 Å². The Morgan fingerprint density at radius 3 is 2.96 bits per heavy atom. The summed E-state index contributed by atoms with van der Waals surface area (Å²) in [5, 5.41) is 7.61. The van der Waals surface area contributed by atoms with Crippen LogP contribution < -0.4 is 10.6 Å². The normalized spacial score (nSPS) is 21.2. The van der Waals surface area contributed by atoms with Gasteiger partial charge in [0.05, 0.1) is 17.6 Å². The Hall–Kier alpha value is -2.15. The average molecular weight is 331 g/mol. The molecule has 1 fully saturated rings. The molecule has 7 nitrogen and oxygen atoms in total. The summed E-state index contributed by atoms with van der Waals surface area (Å²) in [4.78, 5) is 24.0. The average Bonchev–Trinajstić information content (AvgIpc) is 3.00. The Morgan fingerprint density at radius 2 is 2.25 bits per heavy atom. The molecule has 2 aromatic heterocycles. The number of rotatable bonds is 5. The highest BCUT2D eigenvalue weighted by molar-refractivity contribution is 6.07. The van der Waals surface area contributed by atoms with Crippen LogP contribution in [-0.2, 0) is 4.74 Å². The zero-order chi connectivity index (χ0) is 17.1. The second-order valence-corrected chi connectivity index (χ2v) is 6.87. The van der Waals surface area contributed by atoms with Crippen LogP contribution in [-0.4, -0.2) is 46.2 Å². The highest BCUT2D eigenvalue weighted by Crippen LogP contribution is 2.25. The third-order valence-electron chi connectivity index (χ3n) is 4.24. The molecule has 0 aliphatic carbocycles. The highest BCUT2D eigenvalue weighted by Gasteiger charge is 2.22. The SMILES string of the molecule is CC(C)COC(=O)c1c[nH]c2ncnc(N[C@@H]3CC[C@H](C)NC3)c12. The van der Waals surface area contributed by atoms with Gasteiger partial charge in [0, 0.05) is 24.8 Å². The molecule has 3 rings (SSSR count). The molecule has 0 amide bonds. The Bertz CT molecular complexity index is 704. The molecular formula is C17H25N5O2. The van der Waals surface area contributed by atoms with E-state index in [4.69, 9.17) is 4.74 Å². The number of H-pyrrole nitrogens is 1. The summed E-state index contributed by atoms with van der Waals surface area (Å²) >= 11 is 0. The van der Waals surface area contributed by atoms with Gasteiger partial charge >= 0.3 is 5.97 Å². The number of aromatic nitrogens is 3. The van der Waals surface area contributed by atoms with Gasteiger partial charge in [-0.1, -0.05) is 13.8 Å². The van der Waals surface area contributed by atoms with Crippen molar-refractivity contribution in [2.24, 2.45) is 5.92 Å². The summed E-state index contributed by atoms with van der Waals surface area (Å²) < 4.78 is 5.36. The molecule has 24 heavy (non-hydrogen) atoms. The monoisotopic (exact) mass is 331 g/mol. The molecule has 130 valence electrons. The quantitative estimate of drug-likeness (QED) is 0.728. The third kappa shape index (κ3) is 3.67. The van der Waals surface area contributed by atoms with E-state index in [-0.39, 0.29) is 12.0 Å². The first-order chi connectivity index (χ1) is 11.5. The summed E-state index contributed by atoms with van der Waals surface area (Å²) in [7, 11) is 0. The molecule has 1 saturated heterocycles. The Kier molecular flexibility index (Phi) is 4.99. The van der Waals surface area contributed by atoms with E-state index >= 15 is 0 Å². The van der Waals surface area contributed by atoms with E-state index in [0.717, 1.165) is 19.4 Å². The number of fused-ring (bicyclic) bond motifs is 1. The molecular weight excluding hydrogens is 306 g/mol. The zero-order valence-electron chi connectivity index (χ0n) is 14.4. The molecule has 0 aromatic carbocycles. The van der Waals surface area contributed by atoms with Gasteiger partial charge in [0.15, 0.2) is 0 Å². The number of carbonyl (C=O) groups is 1. The van der Waals surface area contributed by atoms with Crippen LogP contribution in [0.4, 0.5) is 5.82 Å². The second-order valence-electron chi connectivity index (χ2n) is 6.87. The third-order valence-corrected chi connectivity index (χ3v) is 4.24. The number of hydrogen-bond donors (Lipinski definition) is 3. The molecule has 0 saturated carbocycles. The summed E-state index contributed by atoms with van der Waals surface area (Å²) in [6.07, 6.45) is 5.33. The van der Waals surface area contributed by atoms with Gasteiger partial charge < -0.3 is 20.4 Å². The predicted octanol–water partition coefficient (Wildman–Crippen LogP) is 2.32. The molecule has 1 aliphatic heterocycles. The number of carbonyl (C=O) groups excluding carboxylic acids is 1. The number of nitrogens with one attached hydrogen (secondary N) is 3. The predicted molar refractivity (Wildman–Crippen MR) is 93.1 cm³/mol.